The van der Waals surface area contributed by atoms with E-state index >= 15 is 0 Å². The third-order valence-electron chi connectivity index (χ3n) is 2.89. The Morgan fingerprint density at radius 2 is 2.10 bits per heavy atom. The maximum absolute atomic E-state index is 12.3. The second-order valence-corrected chi connectivity index (χ2v) is 6.62. The van der Waals surface area contributed by atoms with Gasteiger partial charge in [-0.25, -0.2) is 9.97 Å². The van der Waals surface area contributed by atoms with Crippen LogP contribution in [0.2, 0.25) is 0 Å². The number of thiophene rings is 1. The van der Waals surface area contributed by atoms with Gasteiger partial charge in [-0.15, -0.1) is 22.7 Å². The van der Waals surface area contributed by atoms with Crippen molar-refractivity contribution >= 4 is 49.6 Å². The van der Waals surface area contributed by atoms with Crippen molar-refractivity contribution in [3.8, 4) is 0 Å². The predicted molar refractivity (Wildman–Crippen MR) is 83.6 cm³/mol. The molecule has 3 heterocycles. The minimum Gasteiger partial charge on any atom is -0.397 e. The maximum Gasteiger partial charge on any atom is 0.269 e. The molecular formula is C13H12N4OS2. The molecule has 3 aromatic heterocycles. The van der Waals surface area contributed by atoms with E-state index < -0.39 is 0 Å². The van der Waals surface area contributed by atoms with Crippen molar-refractivity contribution in [2.75, 3.05) is 11.1 Å². The smallest absolute Gasteiger partial charge is 0.269 e. The Morgan fingerprint density at radius 3 is 2.75 bits per heavy atom. The summed E-state index contributed by atoms with van der Waals surface area (Å²) in [6.45, 7) is 3.90. The lowest BCUT2D eigenvalue weighted by atomic mass is 10.2. The van der Waals surface area contributed by atoms with E-state index in [9.17, 15) is 4.79 Å². The zero-order valence-corrected chi connectivity index (χ0v) is 12.6. The van der Waals surface area contributed by atoms with E-state index in [1.165, 1.54) is 22.7 Å². The van der Waals surface area contributed by atoms with E-state index in [1.54, 1.807) is 12.4 Å². The van der Waals surface area contributed by atoms with Crippen molar-refractivity contribution in [3.63, 3.8) is 0 Å². The quantitative estimate of drug-likeness (QED) is 0.762. The number of nitrogens with zero attached hydrogens (tertiary/aromatic N) is 2. The number of anilines is 2. The minimum atomic E-state index is -0.237. The fourth-order valence-electron chi connectivity index (χ4n) is 1.94. The molecule has 0 saturated carbocycles. The molecule has 1 amide bonds. The van der Waals surface area contributed by atoms with Crippen LogP contribution >= 0.6 is 22.7 Å². The summed E-state index contributed by atoms with van der Waals surface area (Å²) in [5.74, 6) is -0.237. The monoisotopic (exact) mass is 304 g/mol. The summed E-state index contributed by atoms with van der Waals surface area (Å²) in [7, 11) is 0. The Kier molecular flexibility index (Phi) is 3.15. The van der Waals surface area contributed by atoms with Gasteiger partial charge in [0.25, 0.3) is 5.91 Å². The molecule has 3 N–H and O–H groups in total. The van der Waals surface area contributed by atoms with Gasteiger partial charge in [0.15, 0.2) is 5.13 Å². The standard InChI is InChI=1S/C13H12N4OS2/c1-6-3-4-15-12-8(6)9(14)10(20-12)11(18)17-13-16-5-7(2)19-13/h3-5H,14H2,1-2H3,(H,16,17,18). The first-order valence-corrected chi connectivity index (χ1v) is 7.57. The van der Waals surface area contributed by atoms with Gasteiger partial charge >= 0.3 is 0 Å². The molecule has 0 aliphatic carbocycles. The lowest BCUT2D eigenvalue weighted by molar-refractivity contribution is 0.103. The number of nitrogen functional groups attached to an aromatic ring is 1. The average molecular weight is 304 g/mol. The van der Waals surface area contributed by atoms with Gasteiger partial charge in [0.2, 0.25) is 0 Å². The number of rotatable bonds is 2. The highest BCUT2D eigenvalue weighted by Crippen LogP contribution is 2.34. The van der Waals surface area contributed by atoms with Crippen molar-refractivity contribution in [3.05, 3.63) is 33.8 Å². The summed E-state index contributed by atoms with van der Waals surface area (Å²) in [4.78, 5) is 23.0. The minimum absolute atomic E-state index is 0.237. The van der Waals surface area contributed by atoms with Gasteiger partial charge in [-0.2, -0.15) is 0 Å². The number of aryl methyl sites for hydroxylation is 2. The van der Waals surface area contributed by atoms with Crippen LogP contribution in [0, 0.1) is 13.8 Å². The first-order valence-electron chi connectivity index (χ1n) is 5.93. The molecule has 3 aromatic rings. The Bertz CT molecular complexity index is 806. The van der Waals surface area contributed by atoms with Crippen LogP contribution in [0.5, 0.6) is 0 Å². The molecule has 0 aliphatic heterocycles. The fraction of sp³-hybridized carbons (Fsp3) is 0.154. The Balaban J connectivity index is 1.99. The van der Waals surface area contributed by atoms with Gasteiger partial charge in [0, 0.05) is 22.7 Å². The number of nitrogens with two attached hydrogens (primary N) is 1. The van der Waals surface area contributed by atoms with Crippen LogP contribution in [0.3, 0.4) is 0 Å². The van der Waals surface area contributed by atoms with E-state index in [-0.39, 0.29) is 5.91 Å². The van der Waals surface area contributed by atoms with Gasteiger partial charge in [-0.1, -0.05) is 0 Å². The van der Waals surface area contributed by atoms with Crippen LogP contribution in [0.15, 0.2) is 18.5 Å². The molecule has 0 saturated heterocycles. The molecular weight excluding hydrogens is 292 g/mol. The molecule has 3 rings (SSSR count). The van der Waals surface area contributed by atoms with Crippen molar-refractivity contribution in [2.45, 2.75) is 13.8 Å². The van der Waals surface area contributed by atoms with E-state index in [2.05, 4.69) is 15.3 Å². The van der Waals surface area contributed by atoms with Gasteiger partial charge < -0.3 is 5.73 Å². The number of carbonyl (C=O) groups is 1. The summed E-state index contributed by atoms with van der Waals surface area (Å²) < 4.78 is 0. The van der Waals surface area contributed by atoms with Crippen molar-refractivity contribution in [1.29, 1.82) is 0 Å². The average Bonchev–Trinajstić information content (AvgIpc) is 2.95. The van der Waals surface area contributed by atoms with Crippen LogP contribution in [0.1, 0.15) is 20.1 Å². The molecule has 0 aromatic carbocycles. The second kappa shape index (κ2) is 4.84. The highest BCUT2D eigenvalue weighted by atomic mass is 32.1. The van der Waals surface area contributed by atoms with Crippen LogP contribution in [-0.2, 0) is 0 Å². The molecule has 0 bridgehead atoms. The molecule has 0 radical (unpaired) electrons. The summed E-state index contributed by atoms with van der Waals surface area (Å²) in [5, 5.41) is 4.21. The first kappa shape index (κ1) is 13.0. The van der Waals surface area contributed by atoms with Gasteiger partial charge in [0.1, 0.15) is 9.71 Å². The SMILES string of the molecule is Cc1cnc(NC(=O)c2sc3nccc(C)c3c2N)s1. The zero-order valence-electron chi connectivity index (χ0n) is 10.9. The number of carbonyl (C=O) groups excluding carboxylic acids is 1. The normalized spacial score (nSPS) is 10.9. The van der Waals surface area contributed by atoms with Gasteiger partial charge in [-0.3, -0.25) is 10.1 Å². The summed E-state index contributed by atoms with van der Waals surface area (Å²) in [6, 6.07) is 1.89. The van der Waals surface area contributed by atoms with E-state index in [4.69, 9.17) is 5.73 Å². The molecule has 102 valence electrons. The molecule has 0 unspecified atom stereocenters. The van der Waals surface area contributed by atoms with E-state index in [0.29, 0.717) is 15.7 Å². The van der Waals surface area contributed by atoms with Crippen molar-refractivity contribution in [2.24, 2.45) is 0 Å². The largest absolute Gasteiger partial charge is 0.397 e. The summed E-state index contributed by atoms with van der Waals surface area (Å²) in [5.41, 5.74) is 7.60. The highest BCUT2D eigenvalue weighted by molar-refractivity contribution is 7.21. The predicted octanol–water partition coefficient (Wildman–Crippen LogP) is 3.20. The van der Waals surface area contributed by atoms with E-state index in [1.807, 2.05) is 19.9 Å². The topological polar surface area (TPSA) is 80.9 Å². The summed E-state index contributed by atoms with van der Waals surface area (Å²) >= 11 is 2.73. The molecule has 0 fully saturated rings. The Morgan fingerprint density at radius 1 is 1.30 bits per heavy atom. The fourth-order valence-corrected chi connectivity index (χ4v) is 3.63. The van der Waals surface area contributed by atoms with Crippen LogP contribution in [0.25, 0.3) is 10.2 Å². The number of hydrogen-bond donors (Lipinski definition) is 2. The molecule has 20 heavy (non-hydrogen) atoms. The molecule has 7 heteroatoms. The maximum atomic E-state index is 12.3. The number of thiazole rings is 1. The highest BCUT2D eigenvalue weighted by Gasteiger charge is 2.19. The second-order valence-electron chi connectivity index (χ2n) is 4.38. The number of pyridine rings is 1. The van der Waals surface area contributed by atoms with E-state index in [0.717, 1.165) is 20.7 Å². The van der Waals surface area contributed by atoms with Crippen LogP contribution < -0.4 is 11.1 Å². The van der Waals surface area contributed by atoms with Crippen molar-refractivity contribution in [1.82, 2.24) is 9.97 Å². The Hall–Kier alpha value is -1.99. The molecule has 0 spiro atoms. The van der Waals surface area contributed by atoms with Crippen LogP contribution in [0.4, 0.5) is 10.8 Å². The van der Waals surface area contributed by atoms with Crippen LogP contribution in [-0.4, -0.2) is 15.9 Å². The zero-order chi connectivity index (χ0) is 14.3. The number of nitrogens with one attached hydrogen (secondary N) is 1. The Labute approximate surface area is 123 Å². The lowest BCUT2D eigenvalue weighted by Gasteiger charge is -2.00. The molecule has 5 nitrogen and oxygen atoms in total. The first-order chi connectivity index (χ1) is 9.56. The number of aromatic nitrogens is 2. The van der Waals surface area contributed by atoms with Gasteiger partial charge in [0.05, 0.1) is 5.69 Å². The number of fused-ring (bicyclic) bond motifs is 1. The van der Waals surface area contributed by atoms with Gasteiger partial charge in [-0.05, 0) is 25.5 Å². The summed E-state index contributed by atoms with van der Waals surface area (Å²) in [6.07, 6.45) is 3.44. The lowest BCUT2D eigenvalue weighted by Crippen LogP contribution is -2.11. The molecule has 0 atom stereocenters. The number of hydrogen-bond acceptors (Lipinski definition) is 6. The third kappa shape index (κ3) is 2.14. The third-order valence-corrected chi connectivity index (χ3v) is 4.83. The van der Waals surface area contributed by atoms with Crippen molar-refractivity contribution < 1.29 is 4.79 Å². The number of amides is 1. The molecule has 0 aliphatic rings.